The highest BCUT2D eigenvalue weighted by molar-refractivity contribution is 5.98. The van der Waals surface area contributed by atoms with Crippen molar-refractivity contribution in [3.8, 4) is 5.75 Å². The molecular formula is C21H22F3N3O4. The molecule has 10 heteroatoms. The number of carbonyl (C=O) groups is 3. The molecule has 2 atom stereocenters. The molecule has 0 saturated carbocycles. The van der Waals surface area contributed by atoms with Gasteiger partial charge in [0.25, 0.3) is 17.7 Å². The lowest BCUT2D eigenvalue weighted by Gasteiger charge is -2.23. The van der Waals surface area contributed by atoms with E-state index in [1.165, 1.54) is 25.1 Å². The number of rotatable bonds is 7. The van der Waals surface area contributed by atoms with Crippen molar-refractivity contribution in [2.75, 3.05) is 0 Å². The van der Waals surface area contributed by atoms with Gasteiger partial charge in [-0.25, -0.2) is 13.2 Å². The molecule has 7 nitrogen and oxygen atoms in total. The third-order valence-electron chi connectivity index (χ3n) is 4.24. The molecule has 2 rings (SSSR count). The smallest absolute Gasteiger partial charge is 0.279 e. The normalized spacial score (nSPS) is 12.6. The fourth-order valence-electron chi connectivity index (χ4n) is 2.55. The van der Waals surface area contributed by atoms with E-state index in [1.54, 1.807) is 13.8 Å². The predicted molar refractivity (Wildman–Crippen MR) is 105 cm³/mol. The van der Waals surface area contributed by atoms with Crippen molar-refractivity contribution in [2.24, 2.45) is 5.92 Å². The second-order valence-corrected chi connectivity index (χ2v) is 6.96. The molecule has 0 spiro atoms. The quantitative estimate of drug-likeness (QED) is 0.580. The highest BCUT2D eigenvalue weighted by Crippen LogP contribution is 2.17. The Labute approximate surface area is 176 Å². The van der Waals surface area contributed by atoms with Crippen LogP contribution in [0, 0.1) is 23.4 Å². The van der Waals surface area contributed by atoms with Crippen LogP contribution >= 0.6 is 0 Å². The number of para-hydroxylation sites is 1. The van der Waals surface area contributed by atoms with Crippen LogP contribution in [0.25, 0.3) is 0 Å². The standard InChI is InChI=1S/C21H22F3N3O4/c1-11(2)18(25-20(29)17-14(23)8-6-9-15(17)24)21(30)27-26-19(28)12(3)31-16-10-5-4-7-13(16)22/h4-12,18H,1-3H3,(H,25,29)(H,26,28)(H,27,30). The average Bonchev–Trinajstić information content (AvgIpc) is 2.71. The lowest BCUT2D eigenvalue weighted by molar-refractivity contribution is -0.133. The molecule has 0 aliphatic rings. The van der Waals surface area contributed by atoms with E-state index in [4.69, 9.17) is 4.74 Å². The van der Waals surface area contributed by atoms with Crippen molar-refractivity contribution in [2.45, 2.75) is 32.9 Å². The van der Waals surface area contributed by atoms with Crippen LogP contribution in [0.4, 0.5) is 13.2 Å². The number of hydrogen-bond acceptors (Lipinski definition) is 4. The number of hydrazine groups is 1. The first kappa shape index (κ1) is 23.7. The van der Waals surface area contributed by atoms with Crippen molar-refractivity contribution in [1.29, 1.82) is 0 Å². The Morgan fingerprint density at radius 1 is 0.806 bits per heavy atom. The monoisotopic (exact) mass is 437 g/mol. The Bertz CT molecular complexity index is 948. The first-order valence-corrected chi connectivity index (χ1v) is 9.37. The Morgan fingerprint density at radius 2 is 1.35 bits per heavy atom. The SMILES string of the molecule is CC(Oc1ccccc1F)C(=O)NNC(=O)C(NC(=O)c1c(F)cccc1F)C(C)C. The van der Waals surface area contributed by atoms with Gasteiger partial charge in [-0.3, -0.25) is 25.2 Å². The minimum absolute atomic E-state index is 0.143. The van der Waals surface area contributed by atoms with Crippen LogP contribution in [0.3, 0.4) is 0 Å². The van der Waals surface area contributed by atoms with Crippen LogP contribution in [-0.2, 0) is 9.59 Å². The van der Waals surface area contributed by atoms with Gasteiger partial charge in [0.05, 0.1) is 0 Å². The number of benzene rings is 2. The summed E-state index contributed by atoms with van der Waals surface area (Å²) < 4.78 is 46.4. The molecule has 0 heterocycles. The number of ether oxygens (including phenoxy) is 1. The summed E-state index contributed by atoms with van der Waals surface area (Å²) in [5.74, 6) is -6.17. The highest BCUT2D eigenvalue weighted by Gasteiger charge is 2.28. The zero-order valence-electron chi connectivity index (χ0n) is 17.0. The summed E-state index contributed by atoms with van der Waals surface area (Å²) in [5.41, 5.74) is 3.40. The molecule has 0 radical (unpaired) electrons. The minimum atomic E-state index is -1.21. The van der Waals surface area contributed by atoms with Crippen molar-refractivity contribution < 1.29 is 32.3 Å². The molecule has 2 unspecified atom stereocenters. The second-order valence-electron chi connectivity index (χ2n) is 6.96. The first-order chi connectivity index (χ1) is 14.6. The zero-order valence-corrected chi connectivity index (χ0v) is 17.0. The van der Waals surface area contributed by atoms with Crippen LogP contribution in [-0.4, -0.2) is 29.9 Å². The van der Waals surface area contributed by atoms with E-state index >= 15 is 0 Å². The molecule has 0 saturated heterocycles. The van der Waals surface area contributed by atoms with Gasteiger partial charge >= 0.3 is 0 Å². The molecule has 3 amide bonds. The summed E-state index contributed by atoms with van der Waals surface area (Å²) in [5, 5.41) is 2.25. The molecule has 3 N–H and O–H groups in total. The maximum atomic E-state index is 13.8. The lowest BCUT2D eigenvalue weighted by atomic mass is 10.0. The van der Waals surface area contributed by atoms with Crippen LogP contribution in [0.2, 0.25) is 0 Å². The lowest BCUT2D eigenvalue weighted by Crippen LogP contribution is -2.56. The highest BCUT2D eigenvalue weighted by atomic mass is 19.1. The van der Waals surface area contributed by atoms with Gasteiger partial charge < -0.3 is 10.1 Å². The van der Waals surface area contributed by atoms with Gasteiger partial charge in [0.15, 0.2) is 17.7 Å². The Kier molecular flexibility index (Phi) is 8.00. The molecule has 0 fully saturated rings. The molecule has 2 aromatic carbocycles. The van der Waals surface area contributed by atoms with E-state index < -0.39 is 58.8 Å². The summed E-state index contributed by atoms with van der Waals surface area (Å²) in [6.45, 7) is 4.53. The Morgan fingerprint density at radius 3 is 1.94 bits per heavy atom. The second kappa shape index (κ2) is 10.5. The maximum Gasteiger partial charge on any atom is 0.279 e. The molecule has 0 aromatic heterocycles. The topological polar surface area (TPSA) is 96.5 Å². The first-order valence-electron chi connectivity index (χ1n) is 9.37. The molecule has 0 aliphatic carbocycles. The van der Waals surface area contributed by atoms with Crippen molar-refractivity contribution in [3.05, 3.63) is 65.5 Å². The molecule has 166 valence electrons. The number of carbonyl (C=O) groups excluding carboxylic acids is 3. The third kappa shape index (κ3) is 6.21. The van der Waals surface area contributed by atoms with Gasteiger partial charge in [0, 0.05) is 0 Å². The fourth-order valence-corrected chi connectivity index (χ4v) is 2.55. The molecule has 0 bridgehead atoms. The van der Waals surface area contributed by atoms with Crippen molar-refractivity contribution in [1.82, 2.24) is 16.2 Å². The van der Waals surface area contributed by atoms with Gasteiger partial charge in [0.2, 0.25) is 0 Å². The van der Waals surface area contributed by atoms with E-state index in [0.717, 1.165) is 24.3 Å². The van der Waals surface area contributed by atoms with E-state index in [2.05, 4.69) is 16.2 Å². The van der Waals surface area contributed by atoms with Gasteiger partial charge in [0.1, 0.15) is 23.2 Å². The van der Waals surface area contributed by atoms with E-state index in [1.807, 2.05) is 0 Å². The molecule has 0 aliphatic heterocycles. The molecular weight excluding hydrogens is 415 g/mol. The number of nitrogens with one attached hydrogen (secondary N) is 3. The number of amides is 3. The molecule has 31 heavy (non-hydrogen) atoms. The summed E-state index contributed by atoms with van der Waals surface area (Å²) in [6.07, 6.45) is -1.16. The average molecular weight is 437 g/mol. The van der Waals surface area contributed by atoms with Crippen LogP contribution < -0.4 is 20.9 Å². The van der Waals surface area contributed by atoms with Crippen LogP contribution in [0.1, 0.15) is 31.1 Å². The summed E-state index contributed by atoms with van der Waals surface area (Å²) in [4.78, 5) is 36.8. The summed E-state index contributed by atoms with van der Waals surface area (Å²) in [6, 6.07) is 7.21. The van der Waals surface area contributed by atoms with Crippen LogP contribution in [0.15, 0.2) is 42.5 Å². The van der Waals surface area contributed by atoms with Gasteiger partial charge in [-0.1, -0.05) is 32.0 Å². The van der Waals surface area contributed by atoms with E-state index in [9.17, 15) is 27.6 Å². The summed E-state index contributed by atoms with van der Waals surface area (Å²) in [7, 11) is 0. The zero-order chi connectivity index (χ0) is 23.1. The number of hydrogen-bond donors (Lipinski definition) is 3. The van der Waals surface area contributed by atoms with Gasteiger partial charge in [-0.15, -0.1) is 0 Å². The minimum Gasteiger partial charge on any atom is -0.478 e. The largest absolute Gasteiger partial charge is 0.478 e. The Balaban J connectivity index is 1.98. The third-order valence-corrected chi connectivity index (χ3v) is 4.24. The van der Waals surface area contributed by atoms with Gasteiger partial charge in [-0.05, 0) is 37.1 Å². The van der Waals surface area contributed by atoms with Gasteiger partial charge in [-0.2, -0.15) is 0 Å². The van der Waals surface area contributed by atoms with Crippen molar-refractivity contribution in [3.63, 3.8) is 0 Å². The van der Waals surface area contributed by atoms with Crippen LogP contribution in [0.5, 0.6) is 5.75 Å². The fraction of sp³-hybridized carbons (Fsp3) is 0.286. The maximum absolute atomic E-state index is 13.8. The van der Waals surface area contributed by atoms with E-state index in [-0.39, 0.29) is 5.75 Å². The summed E-state index contributed by atoms with van der Waals surface area (Å²) >= 11 is 0. The number of halogens is 3. The van der Waals surface area contributed by atoms with Crippen molar-refractivity contribution >= 4 is 17.7 Å². The van der Waals surface area contributed by atoms with E-state index in [0.29, 0.717) is 0 Å². The predicted octanol–water partition coefficient (Wildman–Crippen LogP) is 2.47. The molecule has 2 aromatic rings. The Hall–Kier alpha value is -3.56.